The third-order valence-electron chi connectivity index (χ3n) is 6.45. The molecule has 0 saturated carbocycles. The van der Waals surface area contributed by atoms with Gasteiger partial charge < -0.3 is 25.3 Å². The maximum absolute atomic E-state index is 13.6. The molecule has 0 bridgehead atoms. The normalized spacial score (nSPS) is 17.7. The molecule has 176 valence electrons. The molecule has 0 aromatic heterocycles. The molecule has 2 aliphatic heterocycles. The van der Waals surface area contributed by atoms with Gasteiger partial charge in [0.15, 0.2) is 0 Å². The number of rotatable bonds is 9. The van der Waals surface area contributed by atoms with E-state index in [0.717, 1.165) is 31.4 Å². The van der Waals surface area contributed by atoms with E-state index in [2.05, 4.69) is 29.4 Å². The van der Waals surface area contributed by atoms with E-state index >= 15 is 0 Å². The fourth-order valence-corrected chi connectivity index (χ4v) is 4.52. The molecule has 0 atom stereocenters. The molecule has 0 aliphatic carbocycles. The van der Waals surface area contributed by atoms with Crippen LogP contribution in [0.25, 0.3) is 0 Å². The number of likely N-dealkylation sites (tertiary alicyclic amines) is 1. The van der Waals surface area contributed by atoms with Crippen molar-refractivity contribution in [1.29, 1.82) is 0 Å². The minimum Gasteiger partial charge on any atom is -0.355 e. The lowest BCUT2D eigenvalue weighted by Gasteiger charge is -2.43. The first-order valence-electron chi connectivity index (χ1n) is 11.9. The highest BCUT2D eigenvalue weighted by molar-refractivity contribution is 5.96. The fourth-order valence-electron chi connectivity index (χ4n) is 4.52. The summed E-state index contributed by atoms with van der Waals surface area (Å²) in [5, 5.41) is 5.88. The predicted molar refractivity (Wildman–Crippen MR) is 125 cm³/mol. The van der Waals surface area contributed by atoms with Crippen molar-refractivity contribution in [2.75, 3.05) is 44.3 Å². The molecule has 2 aliphatic rings. The van der Waals surface area contributed by atoms with Gasteiger partial charge in [0.05, 0.1) is 6.67 Å². The number of para-hydroxylation sites is 1. The van der Waals surface area contributed by atoms with E-state index in [1.54, 1.807) is 9.80 Å². The van der Waals surface area contributed by atoms with E-state index in [1.165, 1.54) is 0 Å². The molecule has 0 unspecified atom stereocenters. The van der Waals surface area contributed by atoms with Gasteiger partial charge in [-0.15, -0.1) is 0 Å². The molecular weight excluding hydrogens is 406 g/mol. The fraction of sp³-hybridized carbons (Fsp3) is 0.625. The minimum absolute atomic E-state index is 0.0157. The van der Waals surface area contributed by atoms with Crippen molar-refractivity contribution in [2.45, 2.75) is 57.9 Å². The zero-order valence-corrected chi connectivity index (χ0v) is 19.4. The monoisotopic (exact) mass is 443 g/mol. The van der Waals surface area contributed by atoms with Gasteiger partial charge in [0, 0.05) is 31.9 Å². The van der Waals surface area contributed by atoms with Crippen LogP contribution in [0.1, 0.15) is 52.4 Å². The molecule has 1 aromatic carbocycles. The Kier molecular flexibility index (Phi) is 8.36. The Morgan fingerprint density at radius 1 is 0.969 bits per heavy atom. The van der Waals surface area contributed by atoms with Crippen LogP contribution in [-0.4, -0.2) is 72.6 Å². The topological polar surface area (TPSA) is 85.0 Å². The van der Waals surface area contributed by atoms with E-state index in [0.29, 0.717) is 45.7 Å². The number of piperidine rings is 1. The summed E-state index contributed by atoms with van der Waals surface area (Å²) in [6.07, 6.45) is 5.03. The van der Waals surface area contributed by atoms with Crippen molar-refractivity contribution in [3.8, 4) is 0 Å². The third-order valence-corrected chi connectivity index (χ3v) is 6.45. The number of carbonyl (C=O) groups excluding carboxylic acids is 3. The SMILES string of the molecule is CCCCNC(=O)CN1CN(c2ccccc2)C2(CCN(C(=O)NCCCC)CC2)C1=O. The lowest BCUT2D eigenvalue weighted by molar-refractivity contribution is -0.137. The first-order chi connectivity index (χ1) is 15.5. The van der Waals surface area contributed by atoms with E-state index < -0.39 is 5.54 Å². The zero-order valence-electron chi connectivity index (χ0n) is 19.4. The minimum atomic E-state index is -0.717. The van der Waals surface area contributed by atoms with Crippen molar-refractivity contribution in [2.24, 2.45) is 0 Å². The van der Waals surface area contributed by atoms with Crippen molar-refractivity contribution in [3.63, 3.8) is 0 Å². The van der Waals surface area contributed by atoms with Gasteiger partial charge in [0.2, 0.25) is 5.91 Å². The number of hydrogen-bond acceptors (Lipinski definition) is 4. The van der Waals surface area contributed by atoms with E-state index in [4.69, 9.17) is 0 Å². The Balaban J connectivity index is 1.71. The van der Waals surface area contributed by atoms with Crippen LogP contribution in [0, 0.1) is 0 Å². The number of nitrogens with zero attached hydrogens (tertiary/aromatic N) is 3. The second kappa shape index (κ2) is 11.2. The Bertz CT molecular complexity index is 777. The summed E-state index contributed by atoms with van der Waals surface area (Å²) in [5.41, 5.74) is 0.251. The van der Waals surface area contributed by atoms with Crippen molar-refractivity contribution in [3.05, 3.63) is 30.3 Å². The van der Waals surface area contributed by atoms with Crippen LogP contribution in [0.5, 0.6) is 0 Å². The smallest absolute Gasteiger partial charge is 0.317 e. The highest BCUT2D eigenvalue weighted by Gasteiger charge is 2.54. The lowest BCUT2D eigenvalue weighted by atomic mass is 9.85. The van der Waals surface area contributed by atoms with Gasteiger partial charge >= 0.3 is 6.03 Å². The maximum atomic E-state index is 13.6. The summed E-state index contributed by atoms with van der Waals surface area (Å²) in [6.45, 7) is 6.96. The van der Waals surface area contributed by atoms with Crippen LogP contribution in [0.2, 0.25) is 0 Å². The van der Waals surface area contributed by atoms with Gasteiger partial charge in [-0.25, -0.2) is 4.79 Å². The number of anilines is 1. The maximum Gasteiger partial charge on any atom is 0.317 e. The van der Waals surface area contributed by atoms with E-state index in [1.807, 2.05) is 30.3 Å². The molecule has 8 heteroatoms. The van der Waals surface area contributed by atoms with Gasteiger partial charge in [-0.1, -0.05) is 44.9 Å². The quantitative estimate of drug-likeness (QED) is 0.575. The predicted octanol–water partition coefficient (Wildman–Crippen LogP) is 2.55. The number of carbonyl (C=O) groups is 3. The van der Waals surface area contributed by atoms with Crippen LogP contribution >= 0.6 is 0 Å². The summed E-state index contributed by atoms with van der Waals surface area (Å²) >= 11 is 0. The van der Waals surface area contributed by atoms with Gasteiger partial charge in [-0.3, -0.25) is 9.59 Å². The van der Waals surface area contributed by atoms with Crippen LogP contribution in [0.15, 0.2) is 30.3 Å². The summed E-state index contributed by atoms with van der Waals surface area (Å²) in [5.74, 6) is -0.136. The van der Waals surface area contributed by atoms with Crippen LogP contribution < -0.4 is 15.5 Å². The molecule has 2 saturated heterocycles. The van der Waals surface area contributed by atoms with Crippen molar-refractivity contribution in [1.82, 2.24) is 20.4 Å². The molecule has 3 rings (SSSR count). The Hall–Kier alpha value is -2.77. The molecular formula is C24H37N5O3. The zero-order chi connectivity index (χ0) is 23.0. The molecule has 1 aromatic rings. The van der Waals surface area contributed by atoms with Gasteiger partial charge in [-0.2, -0.15) is 0 Å². The Morgan fingerprint density at radius 2 is 1.59 bits per heavy atom. The Morgan fingerprint density at radius 3 is 2.22 bits per heavy atom. The largest absolute Gasteiger partial charge is 0.355 e. The first kappa shape index (κ1) is 23.9. The number of nitrogens with one attached hydrogen (secondary N) is 2. The van der Waals surface area contributed by atoms with E-state index in [9.17, 15) is 14.4 Å². The number of hydrogen-bond donors (Lipinski definition) is 2. The standard InChI is InChI=1S/C24H37N5O3/c1-3-5-14-25-21(30)18-28-19-29(20-10-8-7-9-11-20)24(22(28)31)12-16-27(17-13-24)23(32)26-15-6-4-2/h7-11H,3-6,12-19H2,1-2H3,(H,25,30)(H,26,32). The molecule has 1 spiro atoms. The Labute approximate surface area is 191 Å². The third kappa shape index (κ3) is 5.34. The van der Waals surface area contributed by atoms with Crippen LogP contribution in [-0.2, 0) is 9.59 Å². The number of unbranched alkanes of at least 4 members (excludes halogenated alkanes) is 2. The summed E-state index contributed by atoms with van der Waals surface area (Å²) in [7, 11) is 0. The van der Waals surface area contributed by atoms with Crippen molar-refractivity contribution < 1.29 is 14.4 Å². The van der Waals surface area contributed by atoms with Gasteiger partial charge in [-0.05, 0) is 37.8 Å². The van der Waals surface area contributed by atoms with E-state index in [-0.39, 0.29) is 24.4 Å². The first-order valence-corrected chi connectivity index (χ1v) is 11.9. The average Bonchev–Trinajstić information content (AvgIpc) is 3.06. The second-order valence-corrected chi connectivity index (χ2v) is 8.72. The second-order valence-electron chi connectivity index (χ2n) is 8.72. The summed E-state index contributed by atoms with van der Waals surface area (Å²) < 4.78 is 0. The van der Waals surface area contributed by atoms with Crippen LogP contribution in [0.3, 0.4) is 0 Å². The summed E-state index contributed by atoms with van der Waals surface area (Å²) in [6, 6.07) is 9.83. The highest BCUT2D eigenvalue weighted by Crippen LogP contribution is 2.39. The molecule has 32 heavy (non-hydrogen) atoms. The van der Waals surface area contributed by atoms with Gasteiger partial charge in [0.25, 0.3) is 5.91 Å². The molecule has 8 nitrogen and oxygen atoms in total. The average molecular weight is 444 g/mol. The van der Waals surface area contributed by atoms with Gasteiger partial charge in [0.1, 0.15) is 12.1 Å². The summed E-state index contributed by atoms with van der Waals surface area (Å²) in [4.78, 5) is 44.1. The molecule has 4 amide bonds. The number of benzene rings is 1. The van der Waals surface area contributed by atoms with Crippen LogP contribution in [0.4, 0.5) is 10.5 Å². The van der Waals surface area contributed by atoms with Crippen molar-refractivity contribution >= 4 is 23.5 Å². The molecule has 2 N–H and O–H groups in total. The molecule has 0 radical (unpaired) electrons. The lowest BCUT2D eigenvalue weighted by Crippen LogP contribution is -2.58. The molecule has 2 heterocycles. The number of urea groups is 1. The highest BCUT2D eigenvalue weighted by atomic mass is 16.2. The molecule has 2 fully saturated rings. The number of amides is 4.